The van der Waals surface area contributed by atoms with Crippen molar-refractivity contribution < 1.29 is 9.47 Å². The molecular weight excluding hydrogens is 338 g/mol. The Morgan fingerprint density at radius 3 is 3.04 bits per heavy atom. The predicted molar refractivity (Wildman–Crippen MR) is 93.0 cm³/mol. The first-order valence-electron chi connectivity index (χ1n) is 8.17. The average Bonchev–Trinajstić information content (AvgIpc) is 3.22. The van der Waals surface area contributed by atoms with E-state index in [0.717, 1.165) is 49.0 Å². The molecule has 130 valence electrons. The Balaban J connectivity index is 1.66. The number of nitrogens with zero attached hydrogens (tertiary/aromatic N) is 3. The van der Waals surface area contributed by atoms with E-state index in [4.69, 9.17) is 15.2 Å². The summed E-state index contributed by atoms with van der Waals surface area (Å²) in [6.45, 7) is 6.29. The van der Waals surface area contributed by atoms with Gasteiger partial charge >= 0.3 is 0 Å². The van der Waals surface area contributed by atoms with E-state index in [1.807, 2.05) is 6.92 Å². The summed E-state index contributed by atoms with van der Waals surface area (Å²) in [7, 11) is 0. The number of morpholine rings is 1. The number of hydrogen-bond acceptors (Lipinski definition) is 7. The summed E-state index contributed by atoms with van der Waals surface area (Å²) in [6, 6.07) is 4.38. The van der Waals surface area contributed by atoms with Crippen molar-refractivity contribution in [3.63, 3.8) is 0 Å². The fraction of sp³-hybridized carbons (Fsp3) is 0.412. The lowest BCUT2D eigenvalue weighted by atomic mass is 9.88. The summed E-state index contributed by atoms with van der Waals surface area (Å²) in [5.41, 5.74) is 9.43. The number of allylic oxidation sites excluding steroid dienone is 1. The summed E-state index contributed by atoms with van der Waals surface area (Å²) in [4.78, 5) is 3.46. The number of nitrogens with one attached hydrogen (secondary N) is 1. The maximum atomic E-state index is 9.60. The maximum absolute atomic E-state index is 9.60. The van der Waals surface area contributed by atoms with Crippen LogP contribution in [0.25, 0.3) is 0 Å². The number of aromatic amines is 1. The number of nitriles is 1. The molecule has 4 rings (SSSR count). The predicted octanol–water partition coefficient (Wildman–Crippen LogP) is 1.83. The Morgan fingerprint density at radius 2 is 2.28 bits per heavy atom. The third kappa shape index (κ3) is 2.91. The van der Waals surface area contributed by atoms with Gasteiger partial charge in [-0.15, -0.1) is 16.4 Å². The van der Waals surface area contributed by atoms with Gasteiger partial charge in [0.05, 0.1) is 24.7 Å². The average molecular weight is 357 g/mol. The van der Waals surface area contributed by atoms with Gasteiger partial charge in [-0.2, -0.15) is 5.26 Å². The number of ether oxygens (including phenoxy) is 2. The quantitative estimate of drug-likeness (QED) is 0.869. The van der Waals surface area contributed by atoms with Crippen molar-refractivity contribution in [3.8, 4) is 11.9 Å². The second-order valence-corrected chi connectivity index (χ2v) is 7.18. The minimum Gasteiger partial charge on any atom is -0.420 e. The number of aryl methyl sites for hydroxylation is 1. The van der Waals surface area contributed by atoms with Crippen molar-refractivity contribution >= 4 is 11.3 Å². The second-order valence-electron chi connectivity index (χ2n) is 6.24. The van der Waals surface area contributed by atoms with Crippen molar-refractivity contribution in [2.75, 3.05) is 26.3 Å². The van der Waals surface area contributed by atoms with E-state index >= 15 is 0 Å². The van der Waals surface area contributed by atoms with Crippen LogP contribution in [0.1, 0.15) is 27.6 Å². The van der Waals surface area contributed by atoms with Gasteiger partial charge in [-0.1, -0.05) is 0 Å². The van der Waals surface area contributed by atoms with Gasteiger partial charge in [-0.3, -0.25) is 10.00 Å². The zero-order chi connectivity index (χ0) is 17.4. The summed E-state index contributed by atoms with van der Waals surface area (Å²) >= 11 is 1.65. The lowest BCUT2D eigenvalue weighted by Gasteiger charge is -2.26. The molecule has 1 atom stereocenters. The third-order valence-corrected chi connectivity index (χ3v) is 5.64. The zero-order valence-electron chi connectivity index (χ0n) is 13.9. The van der Waals surface area contributed by atoms with Gasteiger partial charge in [0, 0.05) is 30.2 Å². The smallest absolute Gasteiger partial charge is 0.244 e. The monoisotopic (exact) mass is 357 g/mol. The highest BCUT2D eigenvalue weighted by atomic mass is 32.1. The van der Waals surface area contributed by atoms with Crippen molar-refractivity contribution in [3.05, 3.63) is 44.6 Å². The Kier molecular flexibility index (Phi) is 4.21. The summed E-state index contributed by atoms with van der Waals surface area (Å²) in [5, 5.41) is 18.8. The molecule has 25 heavy (non-hydrogen) atoms. The number of aromatic nitrogens is 2. The minimum atomic E-state index is -0.226. The molecule has 0 aliphatic carbocycles. The summed E-state index contributed by atoms with van der Waals surface area (Å²) in [6.07, 6.45) is 0. The minimum absolute atomic E-state index is 0.134. The molecule has 0 unspecified atom stereocenters. The topological polar surface area (TPSA) is 100 Å². The van der Waals surface area contributed by atoms with E-state index < -0.39 is 0 Å². The van der Waals surface area contributed by atoms with Crippen molar-refractivity contribution in [1.29, 1.82) is 5.26 Å². The Labute approximate surface area is 149 Å². The molecule has 4 heterocycles. The summed E-state index contributed by atoms with van der Waals surface area (Å²) < 4.78 is 10.9. The number of hydrogen-bond donors (Lipinski definition) is 2. The Morgan fingerprint density at radius 1 is 1.48 bits per heavy atom. The lowest BCUT2D eigenvalue weighted by Crippen LogP contribution is -2.35. The first kappa shape index (κ1) is 16.1. The normalized spacial score (nSPS) is 20.9. The Hall–Kier alpha value is -2.34. The number of nitrogens with two attached hydrogens (primary N) is 1. The SMILES string of the molecule is Cc1[nH]nc2c1[C@@H](c1cc(CN3CCOCC3)cs1)C(C#N)=C(N)O2. The van der Waals surface area contributed by atoms with Crippen LogP contribution >= 0.6 is 11.3 Å². The molecule has 7 nitrogen and oxygen atoms in total. The number of thiophene rings is 1. The number of H-pyrrole nitrogens is 1. The molecule has 2 aromatic heterocycles. The van der Waals surface area contributed by atoms with Gasteiger partial charge in [0.1, 0.15) is 11.6 Å². The number of rotatable bonds is 3. The van der Waals surface area contributed by atoms with Crippen LogP contribution in [0.4, 0.5) is 0 Å². The van der Waals surface area contributed by atoms with E-state index in [2.05, 4.69) is 32.6 Å². The van der Waals surface area contributed by atoms with Crippen LogP contribution in [0.5, 0.6) is 5.88 Å². The van der Waals surface area contributed by atoms with Gasteiger partial charge in [0.2, 0.25) is 11.8 Å². The molecule has 8 heteroatoms. The van der Waals surface area contributed by atoms with Crippen LogP contribution in [0.2, 0.25) is 0 Å². The molecule has 1 saturated heterocycles. The highest BCUT2D eigenvalue weighted by molar-refractivity contribution is 7.10. The van der Waals surface area contributed by atoms with Crippen LogP contribution in [0.15, 0.2) is 22.9 Å². The molecule has 0 bridgehead atoms. The zero-order valence-corrected chi connectivity index (χ0v) is 14.7. The van der Waals surface area contributed by atoms with Crippen molar-refractivity contribution in [2.24, 2.45) is 5.73 Å². The fourth-order valence-electron chi connectivity index (χ4n) is 3.33. The van der Waals surface area contributed by atoms with E-state index in [1.54, 1.807) is 11.3 Å². The molecule has 3 N–H and O–H groups in total. The van der Waals surface area contributed by atoms with E-state index in [1.165, 1.54) is 5.56 Å². The molecule has 0 aromatic carbocycles. The first-order valence-corrected chi connectivity index (χ1v) is 9.05. The van der Waals surface area contributed by atoms with E-state index in [0.29, 0.717) is 11.5 Å². The third-order valence-electron chi connectivity index (χ3n) is 4.60. The summed E-state index contributed by atoms with van der Waals surface area (Å²) in [5.74, 6) is 0.368. The molecule has 0 radical (unpaired) electrons. The molecule has 2 aliphatic rings. The second kappa shape index (κ2) is 6.52. The van der Waals surface area contributed by atoms with Crippen LogP contribution < -0.4 is 10.5 Å². The standard InChI is InChI=1S/C17H19N5O2S/c1-10-14-15(12(7-18)16(19)24-17(14)21-20-10)13-6-11(9-25-13)8-22-2-4-23-5-3-22/h6,9,15H,2-5,8,19H2,1H3,(H,20,21)/t15-/m1/s1. The molecule has 0 spiro atoms. The highest BCUT2D eigenvalue weighted by Crippen LogP contribution is 2.44. The van der Waals surface area contributed by atoms with Crippen molar-refractivity contribution in [2.45, 2.75) is 19.4 Å². The lowest BCUT2D eigenvalue weighted by molar-refractivity contribution is 0.0342. The molecule has 2 aliphatic heterocycles. The molecule has 0 saturated carbocycles. The van der Waals surface area contributed by atoms with Crippen LogP contribution in [0.3, 0.4) is 0 Å². The van der Waals surface area contributed by atoms with Crippen LogP contribution in [0, 0.1) is 18.3 Å². The van der Waals surface area contributed by atoms with Gasteiger partial charge in [0.15, 0.2) is 0 Å². The van der Waals surface area contributed by atoms with Gasteiger partial charge in [-0.25, -0.2) is 0 Å². The van der Waals surface area contributed by atoms with Gasteiger partial charge < -0.3 is 15.2 Å². The molecule has 1 fully saturated rings. The highest BCUT2D eigenvalue weighted by Gasteiger charge is 2.35. The molecule has 0 amide bonds. The van der Waals surface area contributed by atoms with Gasteiger partial charge in [0.25, 0.3) is 0 Å². The van der Waals surface area contributed by atoms with E-state index in [-0.39, 0.29) is 11.8 Å². The molecule has 2 aromatic rings. The first-order chi connectivity index (χ1) is 12.2. The van der Waals surface area contributed by atoms with Crippen molar-refractivity contribution in [1.82, 2.24) is 15.1 Å². The largest absolute Gasteiger partial charge is 0.420 e. The van der Waals surface area contributed by atoms with Gasteiger partial charge in [-0.05, 0) is 23.9 Å². The maximum Gasteiger partial charge on any atom is 0.244 e. The fourth-order valence-corrected chi connectivity index (χ4v) is 4.35. The van der Waals surface area contributed by atoms with Crippen LogP contribution in [-0.2, 0) is 11.3 Å². The van der Waals surface area contributed by atoms with Crippen LogP contribution in [-0.4, -0.2) is 41.4 Å². The van der Waals surface area contributed by atoms with E-state index in [9.17, 15) is 5.26 Å². The Bertz CT molecular complexity index is 857. The number of fused-ring (bicyclic) bond motifs is 1. The molecular formula is C17H19N5O2S.